The van der Waals surface area contributed by atoms with E-state index in [1.54, 1.807) is 6.07 Å². The van der Waals surface area contributed by atoms with E-state index < -0.39 is 26.5 Å². The van der Waals surface area contributed by atoms with Crippen molar-refractivity contribution in [1.29, 1.82) is 0 Å². The zero-order valence-electron chi connectivity index (χ0n) is 10.8. The first kappa shape index (κ1) is 15.2. The minimum atomic E-state index is -3.61. The summed E-state index contributed by atoms with van der Waals surface area (Å²) in [6.07, 6.45) is 0.954. The van der Waals surface area contributed by atoms with E-state index in [1.807, 2.05) is 0 Å². The standard InChI is InChI=1S/C12H15NO5S/c1-12(2,19(3,17)18)11(16)13-9-7-5-4-6-8(9)10(14)15/h4-7H,1-3H3,(H,13,16)(H,14,15). The fraction of sp³-hybridized carbons (Fsp3) is 0.333. The monoisotopic (exact) mass is 285 g/mol. The fourth-order valence-electron chi connectivity index (χ4n) is 1.22. The van der Waals surface area contributed by atoms with Crippen molar-refractivity contribution < 1.29 is 23.1 Å². The van der Waals surface area contributed by atoms with Crippen molar-refractivity contribution in [2.24, 2.45) is 0 Å². The van der Waals surface area contributed by atoms with Gasteiger partial charge in [0.15, 0.2) is 9.84 Å². The fourth-order valence-corrected chi connectivity index (χ4v) is 1.61. The van der Waals surface area contributed by atoms with Crippen LogP contribution in [0.15, 0.2) is 24.3 Å². The van der Waals surface area contributed by atoms with Crippen LogP contribution in [0, 0.1) is 0 Å². The van der Waals surface area contributed by atoms with Crippen LogP contribution in [0.5, 0.6) is 0 Å². The molecule has 0 aliphatic rings. The van der Waals surface area contributed by atoms with Crippen LogP contribution in [0.2, 0.25) is 0 Å². The molecule has 1 rings (SSSR count). The number of aromatic carboxylic acids is 1. The second-order valence-corrected chi connectivity index (χ2v) is 7.15. The minimum Gasteiger partial charge on any atom is -0.478 e. The van der Waals surface area contributed by atoms with Gasteiger partial charge < -0.3 is 10.4 Å². The molecule has 0 spiro atoms. The van der Waals surface area contributed by atoms with Gasteiger partial charge in [-0.3, -0.25) is 4.79 Å². The van der Waals surface area contributed by atoms with E-state index in [9.17, 15) is 18.0 Å². The maximum Gasteiger partial charge on any atom is 0.337 e. The molecule has 0 fully saturated rings. The van der Waals surface area contributed by atoms with Crippen LogP contribution in [0.1, 0.15) is 24.2 Å². The average molecular weight is 285 g/mol. The van der Waals surface area contributed by atoms with Crippen molar-refractivity contribution in [1.82, 2.24) is 0 Å². The van der Waals surface area contributed by atoms with Gasteiger partial charge >= 0.3 is 5.97 Å². The molecule has 0 aliphatic heterocycles. The Bertz CT molecular complexity index is 619. The third-order valence-electron chi connectivity index (χ3n) is 2.88. The van der Waals surface area contributed by atoms with Gasteiger partial charge in [0.2, 0.25) is 5.91 Å². The predicted octanol–water partition coefficient (Wildman–Crippen LogP) is 1.15. The molecule has 2 N–H and O–H groups in total. The molecule has 0 saturated heterocycles. The number of benzene rings is 1. The van der Waals surface area contributed by atoms with Crippen molar-refractivity contribution >= 4 is 27.4 Å². The first-order chi connectivity index (χ1) is 8.57. The van der Waals surface area contributed by atoms with Crippen LogP contribution in [0.4, 0.5) is 5.69 Å². The van der Waals surface area contributed by atoms with E-state index in [4.69, 9.17) is 5.11 Å². The highest BCUT2D eigenvalue weighted by Gasteiger charge is 2.38. The average Bonchev–Trinajstić information content (AvgIpc) is 2.27. The topological polar surface area (TPSA) is 101 Å². The summed E-state index contributed by atoms with van der Waals surface area (Å²) in [5.41, 5.74) is -0.0307. The molecule has 1 aromatic rings. The van der Waals surface area contributed by atoms with E-state index in [-0.39, 0.29) is 11.3 Å². The second kappa shape index (κ2) is 5.00. The second-order valence-electron chi connectivity index (χ2n) is 4.59. The molecule has 0 heterocycles. The summed E-state index contributed by atoms with van der Waals surface area (Å²) in [4.78, 5) is 23.0. The van der Waals surface area contributed by atoms with Crippen molar-refractivity contribution in [3.63, 3.8) is 0 Å². The molecule has 1 aromatic carbocycles. The molecule has 0 bridgehead atoms. The van der Waals surface area contributed by atoms with Crippen LogP contribution in [0.25, 0.3) is 0 Å². The van der Waals surface area contributed by atoms with Crippen molar-refractivity contribution in [3.8, 4) is 0 Å². The van der Waals surface area contributed by atoms with Crippen LogP contribution < -0.4 is 5.32 Å². The van der Waals surface area contributed by atoms with Crippen molar-refractivity contribution in [2.45, 2.75) is 18.6 Å². The molecule has 0 atom stereocenters. The Morgan fingerprint density at radius 2 is 1.74 bits per heavy atom. The normalized spacial score (nSPS) is 11.9. The lowest BCUT2D eigenvalue weighted by atomic mass is 10.1. The SMILES string of the molecule is CC(C)(C(=O)Nc1ccccc1C(=O)O)S(C)(=O)=O. The molecular weight excluding hydrogens is 270 g/mol. The maximum atomic E-state index is 12.0. The van der Waals surface area contributed by atoms with E-state index >= 15 is 0 Å². The molecule has 6 nitrogen and oxygen atoms in total. The molecule has 0 unspecified atom stereocenters. The molecule has 1 amide bonds. The molecular formula is C12H15NO5S. The Labute approximate surface area is 111 Å². The first-order valence-electron chi connectivity index (χ1n) is 5.40. The number of anilines is 1. The highest BCUT2D eigenvalue weighted by molar-refractivity contribution is 7.92. The lowest BCUT2D eigenvalue weighted by Crippen LogP contribution is -2.44. The zero-order chi connectivity index (χ0) is 14.8. The summed E-state index contributed by atoms with van der Waals surface area (Å²) < 4.78 is 21.4. The van der Waals surface area contributed by atoms with Crippen molar-refractivity contribution in [2.75, 3.05) is 11.6 Å². The van der Waals surface area contributed by atoms with Crippen LogP contribution in [0.3, 0.4) is 0 Å². The number of rotatable bonds is 4. The highest BCUT2D eigenvalue weighted by Crippen LogP contribution is 2.21. The lowest BCUT2D eigenvalue weighted by molar-refractivity contribution is -0.117. The molecule has 0 radical (unpaired) electrons. The smallest absolute Gasteiger partial charge is 0.337 e. The summed E-state index contributed by atoms with van der Waals surface area (Å²) in [6, 6.07) is 5.79. The quantitative estimate of drug-likeness (QED) is 0.864. The summed E-state index contributed by atoms with van der Waals surface area (Å²) in [5.74, 6) is -1.98. The van der Waals surface area contributed by atoms with E-state index in [0.717, 1.165) is 6.26 Å². The summed E-state index contributed by atoms with van der Waals surface area (Å²) >= 11 is 0. The number of sulfone groups is 1. The maximum absolute atomic E-state index is 12.0. The van der Waals surface area contributed by atoms with Gasteiger partial charge in [0, 0.05) is 6.26 Å². The number of para-hydroxylation sites is 1. The zero-order valence-corrected chi connectivity index (χ0v) is 11.6. The Hall–Kier alpha value is -1.89. The van der Waals surface area contributed by atoms with Gasteiger partial charge in [-0.1, -0.05) is 12.1 Å². The number of carbonyl (C=O) groups is 2. The van der Waals surface area contributed by atoms with Gasteiger partial charge in [-0.25, -0.2) is 13.2 Å². The van der Waals surface area contributed by atoms with Crippen LogP contribution >= 0.6 is 0 Å². The number of hydrogen-bond donors (Lipinski definition) is 2. The van der Waals surface area contributed by atoms with Gasteiger partial charge in [-0.2, -0.15) is 0 Å². The van der Waals surface area contributed by atoms with E-state index in [1.165, 1.54) is 32.0 Å². The Balaban J connectivity index is 3.12. The Morgan fingerprint density at radius 3 is 2.21 bits per heavy atom. The third-order valence-corrected chi connectivity index (χ3v) is 4.92. The van der Waals surface area contributed by atoms with Gasteiger partial charge in [-0.15, -0.1) is 0 Å². The van der Waals surface area contributed by atoms with Crippen LogP contribution in [-0.4, -0.2) is 36.4 Å². The molecule has 0 aliphatic carbocycles. The van der Waals surface area contributed by atoms with Gasteiger partial charge in [-0.05, 0) is 26.0 Å². The number of carboxylic acids is 1. The van der Waals surface area contributed by atoms with Gasteiger partial charge in [0.05, 0.1) is 11.3 Å². The van der Waals surface area contributed by atoms with Gasteiger partial charge in [0.1, 0.15) is 4.75 Å². The minimum absolute atomic E-state index is 0.0664. The molecule has 7 heteroatoms. The molecule has 0 aromatic heterocycles. The first-order valence-corrected chi connectivity index (χ1v) is 7.30. The Morgan fingerprint density at radius 1 is 1.21 bits per heavy atom. The van der Waals surface area contributed by atoms with E-state index in [0.29, 0.717) is 0 Å². The number of carbonyl (C=O) groups excluding carboxylic acids is 1. The number of nitrogens with one attached hydrogen (secondary N) is 1. The summed E-state index contributed by atoms with van der Waals surface area (Å²) in [6.45, 7) is 2.53. The molecule has 104 valence electrons. The number of carboxylic acid groups (broad SMARTS) is 1. The largest absolute Gasteiger partial charge is 0.478 e. The predicted molar refractivity (Wildman–Crippen MR) is 71.0 cm³/mol. The number of hydrogen-bond acceptors (Lipinski definition) is 4. The number of amides is 1. The molecule has 0 saturated carbocycles. The summed E-state index contributed by atoms with van der Waals surface area (Å²) in [5, 5.41) is 11.3. The summed E-state index contributed by atoms with van der Waals surface area (Å²) in [7, 11) is -3.61. The van der Waals surface area contributed by atoms with Crippen molar-refractivity contribution in [3.05, 3.63) is 29.8 Å². The Kier molecular flexibility index (Phi) is 4.00. The van der Waals surface area contributed by atoms with E-state index in [2.05, 4.69) is 5.32 Å². The third kappa shape index (κ3) is 3.11. The molecule has 19 heavy (non-hydrogen) atoms. The lowest BCUT2D eigenvalue weighted by Gasteiger charge is -2.21. The highest BCUT2D eigenvalue weighted by atomic mass is 32.2. The van der Waals surface area contributed by atoms with Gasteiger partial charge in [0.25, 0.3) is 0 Å². The van der Waals surface area contributed by atoms with Crippen LogP contribution in [-0.2, 0) is 14.6 Å².